The van der Waals surface area contributed by atoms with E-state index >= 15 is 0 Å². The number of hydrogen-bond acceptors (Lipinski definition) is 1. The molecule has 0 aliphatic rings. The van der Waals surface area contributed by atoms with Crippen LogP contribution in [0.5, 0.6) is 0 Å². The zero-order valence-corrected chi connectivity index (χ0v) is 7.97. The standard InChI is InChI=1S/C8H6BrFN2/c1-5-2-3-6(10)12-4-11-8(9)7(5)12/h2-4H,1H3. The van der Waals surface area contributed by atoms with Crippen molar-refractivity contribution in [2.24, 2.45) is 0 Å². The van der Waals surface area contributed by atoms with E-state index in [1.807, 2.05) is 6.92 Å². The van der Waals surface area contributed by atoms with Gasteiger partial charge in [-0.3, -0.25) is 4.40 Å². The molecule has 0 spiro atoms. The molecule has 0 N–H and O–H groups in total. The first-order chi connectivity index (χ1) is 5.70. The Morgan fingerprint density at radius 3 is 2.92 bits per heavy atom. The summed E-state index contributed by atoms with van der Waals surface area (Å²) in [5.74, 6) is -0.297. The highest BCUT2D eigenvalue weighted by molar-refractivity contribution is 9.10. The lowest BCUT2D eigenvalue weighted by Gasteiger charge is -1.99. The second-order valence-electron chi connectivity index (χ2n) is 2.59. The third-order valence-corrected chi connectivity index (χ3v) is 2.38. The van der Waals surface area contributed by atoms with Crippen molar-refractivity contribution >= 4 is 21.4 Å². The molecule has 2 rings (SSSR count). The van der Waals surface area contributed by atoms with Crippen LogP contribution in [0.25, 0.3) is 5.52 Å². The van der Waals surface area contributed by atoms with Crippen molar-refractivity contribution in [2.45, 2.75) is 6.92 Å². The van der Waals surface area contributed by atoms with Crippen molar-refractivity contribution in [1.82, 2.24) is 9.38 Å². The number of rotatable bonds is 0. The fourth-order valence-corrected chi connectivity index (χ4v) is 1.79. The first-order valence-electron chi connectivity index (χ1n) is 3.48. The molecule has 0 fully saturated rings. The van der Waals surface area contributed by atoms with Gasteiger partial charge in [0.15, 0.2) is 5.95 Å². The van der Waals surface area contributed by atoms with Crippen molar-refractivity contribution in [3.63, 3.8) is 0 Å². The molecule has 2 aromatic heterocycles. The third-order valence-electron chi connectivity index (χ3n) is 1.80. The van der Waals surface area contributed by atoms with E-state index in [1.54, 1.807) is 6.07 Å². The van der Waals surface area contributed by atoms with E-state index in [0.717, 1.165) is 11.1 Å². The maximum Gasteiger partial charge on any atom is 0.199 e. The summed E-state index contributed by atoms with van der Waals surface area (Å²) in [7, 11) is 0. The summed E-state index contributed by atoms with van der Waals surface area (Å²) in [4.78, 5) is 3.96. The molecule has 62 valence electrons. The lowest BCUT2D eigenvalue weighted by Crippen LogP contribution is -1.91. The van der Waals surface area contributed by atoms with E-state index in [9.17, 15) is 4.39 Å². The Balaban J connectivity index is 2.98. The molecule has 2 nitrogen and oxygen atoms in total. The maximum atomic E-state index is 13.1. The van der Waals surface area contributed by atoms with Crippen LogP contribution in [0.1, 0.15) is 5.56 Å². The van der Waals surface area contributed by atoms with Gasteiger partial charge < -0.3 is 0 Å². The highest BCUT2D eigenvalue weighted by Gasteiger charge is 2.06. The van der Waals surface area contributed by atoms with Crippen molar-refractivity contribution in [2.75, 3.05) is 0 Å². The van der Waals surface area contributed by atoms with Crippen LogP contribution >= 0.6 is 15.9 Å². The maximum absolute atomic E-state index is 13.1. The second-order valence-corrected chi connectivity index (χ2v) is 3.34. The molecular formula is C8H6BrFN2. The Morgan fingerprint density at radius 1 is 1.50 bits per heavy atom. The zero-order valence-electron chi connectivity index (χ0n) is 6.38. The van der Waals surface area contributed by atoms with Gasteiger partial charge in [0.25, 0.3) is 0 Å². The molecule has 4 heteroatoms. The van der Waals surface area contributed by atoms with E-state index in [2.05, 4.69) is 20.9 Å². The summed E-state index contributed by atoms with van der Waals surface area (Å²) in [6, 6.07) is 3.16. The van der Waals surface area contributed by atoms with Crippen molar-refractivity contribution in [3.05, 3.63) is 34.6 Å². The first kappa shape index (κ1) is 7.73. The normalized spacial score (nSPS) is 10.9. The van der Waals surface area contributed by atoms with Crippen molar-refractivity contribution in [1.29, 1.82) is 0 Å². The highest BCUT2D eigenvalue weighted by atomic mass is 79.9. The summed E-state index contributed by atoms with van der Waals surface area (Å²) < 4.78 is 15.2. The molecule has 12 heavy (non-hydrogen) atoms. The van der Waals surface area contributed by atoms with Gasteiger partial charge in [-0.2, -0.15) is 4.39 Å². The Labute approximate surface area is 77.2 Å². The summed E-state index contributed by atoms with van der Waals surface area (Å²) in [5.41, 5.74) is 1.79. The molecule has 0 aliphatic carbocycles. The molecule has 0 atom stereocenters. The van der Waals surface area contributed by atoms with Crippen molar-refractivity contribution in [3.8, 4) is 0 Å². The fraction of sp³-hybridized carbons (Fsp3) is 0.125. The molecule has 2 aromatic rings. The minimum absolute atomic E-state index is 0.297. The SMILES string of the molecule is Cc1ccc(F)n2cnc(Br)c12. The van der Waals surface area contributed by atoms with Gasteiger partial charge in [0, 0.05) is 0 Å². The predicted molar refractivity (Wildman–Crippen MR) is 47.6 cm³/mol. The molecule has 2 heterocycles. The largest absolute Gasteiger partial charge is 0.274 e. The summed E-state index contributed by atoms with van der Waals surface area (Å²) in [5, 5.41) is 0. The van der Waals surface area contributed by atoms with E-state index in [4.69, 9.17) is 0 Å². The number of hydrogen-bond donors (Lipinski definition) is 0. The monoisotopic (exact) mass is 228 g/mol. The van der Waals surface area contributed by atoms with E-state index in [-0.39, 0.29) is 5.95 Å². The average molecular weight is 229 g/mol. The third kappa shape index (κ3) is 0.948. The minimum Gasteiger partial charge on any atom is -0.274 e. The number of pyridine rings is 1. The van der Waals surface area contributed by atoms with Gasteiger partial charge in [-0.1, -0.05) is 6.07 Å². The highest BCUT2D eigenvalue weighted by Crippen LogP contribution is 2.20. The van der Waals surface area contributed by atoms with Gasteiger partial charge in [0.1, 0.15) is 10.9 Å². The van der Waals surface area contributed by atoms with Crippen LogP contribution in [0.15, 0.2) is 23.1 Å². The number of aromatic nitrogens is 2. The smallest absolute Gasteiger partial charge is 0.199 e. The van der Waals surface area contributed by atoms with Crippen LogP contribution in [0, 0.1) is 12.9 Å². The second kappa shape index (κ2) is 2.55. The Morgan fingerprint density at radius 2 is 2.25 bits per heavy atom. The first-order valence-corrected chi connectivity index (χ1v) is 4.27. The Kier molecular flexibility index (Phi) is 1.65. The number of fused-ring (bicyclic) bond motifs is 1. The molecule has 0 saturated carbocycles. The zero-order chi connectivity index (χ0) is 8.72. The lowest BCUT2D eigenvalue weighted by molar-refractivity contribution is 0.566. The van der Waals surface area contributed by atoms with Gasteiger partial charge in [-0.25, -0.2) is 4.98 Å². The molecule has 0 unspecified atom stereocenters. The number of nitrogens with zero attached hydrogens (tertiary/aromatic N) is 2. The van der Waals surface area contributed by atoms with Crippen LogP contribution < -0.4 is 0 Å². The van der Waals surface area contributed by atoms with E-state index in [0.29, 0.717) is 4.60 Å². The quantitative estimate of drug-likeness (QED) is 0.634. The van der Waals surface area contributed by atoms with Crippen LogP contribution in [-0.2, 0) is 0 Å². The molecule has 0 aromatic carbocycles. The van der Waals surface area contributed by atoms with Gasteiger partial charge in [0.05, 0.1) is 5.52 Å². The summed E-state index contributed by atoms with van der Waals surface area (Å²) >= 11 is 3.25. The minimum atomic E-state index is -0.297. The van der Waals surface area contributed by atoms with Crippen LogP contribution in [-0.4, -0.2) is 9.38 Å². The molecule has 0 radical (unpaired) electrons. The summed E-state index contributed by atoms with van der Waals surface area (Å²) in [6.45, 7) is 1.92. The van der Waals surface area contributed by atoms with Crippen LogP contribution in [0.3, 0.4) is 0 Å². The fourth-order valence-electron chi connectivity index (χ4n) is 1.19. The molecule has 0 bridgehead atoms. The van der Waals surface area contributed by atoms with E-state index < -0.39 is 0 Å². The van der Waals surface area contributed by atoms with Crippen LogP contribution in [0.2, 0.25) is 0 Å². The number of imidazole rings is 1. The Bertz CT molecular complexity index is 436. The average Bonchev–Trinajstić information content (AvgIpc) is 2.42. The Hall–Kier alpha value is -0.900. The van der Waals surface area contributed by atoms with Gasteiger partial charge in [0.2, 0.25) is 0 Å². The van der Waals surface area contributed by atoms with Gasteiger partial charge in [-0.05, 0) is 34.5 Å². The molecule has 0 saturated heterocycles. The summed E-state index contributed by atoms with van der Waals surface area (Å²) in [6.07, 6.45) is 1.46. The van der Waals surface area contributed by atoms with Gasteiger partial charge in [-0.15, -0.1) is 0 Å². The lowest BCUT2D eigenvalue weighted by atomic mass is 10.3. The molecule has 0 aliphatic heterocycles. The predicted octanol–water partition coefficient (Wildman–Crippen LogP) is 2.54. The van der Waals surface area contributed by atoms with Crippen molar-refractivity contribution < 1.29 is 4.39 Å². The topological polar surface area (TPSA) is 17.3 Å². The van der Waals surface area contributed by atoms with Crippen LogP contribution in [0.4, 0.5) is 4.39 Å². The molecular weight excluding hydrogens is 223 g/mol. The van der Waals surface area contributed by atoms with E-state index in [1.165, 1.54) is 16.8 Å². The number of halogens is 2. The van der Waals surface area contributed by atoms with Gasteiger partial charge >= 0.3 is 0 Å². The number of aryl methyl sites for hydroxylation is 1. The molecule has 0 amide bonds.